The predicted octanol–water partition coefficient (Wildman–Crippen LogP) is 2.67. The van der Waals surface area contributed by atoms with Gasteiger partial charge in [-0.2, -0.15) is 0 Å². The van der Waals surface area contributed by atoms with Crippen molar-refractivity contribution >= 4 is 22.8 Å². The first kappa shape index (κ1) is 21.9. The number of likely N-dealkylation sites (tertiary alicyclic amines) is 1. The van der Waals surface area contributed by atoms with E-state index in [4.69, 9.17) is 5.73 Å². The number of carbonyl (C=O) groups excluding carboxylic acids is 1. The van der Waals surface area contributed by atoms with E-state index in [1.165, 1.54) is 0 Å². The molecule has 1 amide bonds. The Morgan fingerprint density at radius 1 is 1.29 bits per heavy atom. The van der Waals surface area contributed by atoms with Crippen LogP contribution >= 0.6 is 0 Å². The van der Waals surface area contributed by atoms with Crippen LogP contribution in [0.5, 0.6) is 0 Å². The van der Waals surface area contributed by atoms with Crippen molar-refractivity contribution in [3.8, 4) is 0 Å². The highest BCUT2D eigenvalue weighted by molar-refractivity contribution is 5.87. The highest BCUT2D eigenvalue weighted by atomic mass is 16.1. The molecule has 2 N–H and O–H groups in total. The van der Waals surface area contributed by atoms with Crippen molar-refractivity contribution in [2.45, 2.75) is 40.2 Å². The number of aromatic nitrogens is 3. The van der Waals surface area contributed by atoms with E-state index >= 15 is 0 Å². The Labute approximate surface area is 168 Å². The molecule has 154 valence electrons. The lowest BCUT2D eigenvalue weighted by Gasteiger charge is -2.31. The summed E-state index contributed by atoms with van der Waals surface area (Å²) in [4.78, 5) is 24.2. The van der Waals surface area contributed by atoms with Crippen LogP contribution in [-0.4, -0.2) is 58.6 Å². The maximum Gasteiger partial charge on any atom is 0.231 e. The number of anilines is 1. The van der Waals surface area contributed by atoms with Crippen LogP contribution in [0.3, 0.4) is 0 Å². The van der Waals surface area contributed by atoms with E-state index in [1.54, 1.807) is 6.33 Å². The zero-order valence-corrected chi connectivity index (χ0v) is 17.6. The van der Waals surface area contributed by atoms with Gasteiger partial charge in [-0.1, -0.05) is 12.2 Å². The lowest BCUT2D eigenvalue weighted by atomic mass is 9.96. The van der Waals surface area contributed by atoms with Crippen LogP contribution in [0.1, 0.15) is 33.6 Å². The minimum absolute atomic E-state index is 0.242. The van der Waals surface area contributed by atoms with Gasteiger partial charge in [-0.3, -0.25) is 9.69 Å². The van der Waals surface area contributed by atoms with E-state index in [1.807, 2.05) is 33.0 Å². The van der Waals surface area contributed by atoms with Gasteiger partial charge in [-0.05, 0) is 58.7 Å². The van der Waals surface area contributed by atoms with E-state index < -0.39 is 0 Å². The molecule has 0 radical (unpaired) electrons. The van der Waals surface area contributed by atoms with Crippen LogP contribution in [0.4, 0.5) is 5.82 Å². The highest BCUT2D eigenvalue weighted by Crippen LogP contribution is 2.25. The fraction of sp³-hybridized carbons (Fsp3) is 0.571. The molecule has 0 unspecified atom stereocenters. The highest BCUT2D eigenvalue weighted by Gasteiger charge is 2.21. The largest absolute Gasteiger partial charge is 0.369 e. The molecular weight excluding hydrogens is 352 g/mol. The van der Waals surface area contributed by atoms with Crippen LogP contribution in [0.15, 0.2) is 30.7 Å². The van der Waals surface area contributed by atoms with Crippen molar-refractivity contribution < 1.29 is 4.79 Å². The summed E-state index contributed by atoms with van der Waals surface area (Å²) < 4.78 is 2.23. The maximum atomic E-state index is 11.0. The minimum Gasteiger partial charge on any atom is -0.369 e. The van der Waals surface area contributed by atoms with Crippen LogP contribution in [0, 0.1) is 5.92 Å². The molecule has 3 rings (SSSR count). The molecule has 0 atom stereocenters. The molecule has 1 aliphatic heterocycles. The smallest absolute Gasteiger partial charge is 0.231 e. The standard InChI is InChI=1S/C17H26N6O.C4H8/c1-3-21(2)16-14-6-9-23(17(14)20-12-19-16)10-13-4-7-22(8-5-13)11-15(18)24;1-3-4-2/h6,9,12-13H,3-5,7-8,10-11H2,1-2H3,(H2,18,24);3-4H,1-2H3/b;4-3-. The number of piperidine rings is 1. The van der Waals surface area contributed by atoms with Crippen molar-refractivity contribution in [1.82, 2.24) is 19.4 Å². The predicted molar refractivity (Wildman–Crippen MR) is 115 cm³/mol. The topological polar surface area (TPSA) is 80.3 Å². The molecule has 2 aromatic rings. The van der Waals surface area contributed by atoms with Crippen molar-refractivity contribution in [2.24, 2.45) is 11.7 Å². The second kappa shape index (κ2) is 10.8. The number of primary amides is 1. The summed E-state index contributed by atoms with van der Waals surface area (Å²) in [6.07, 6.45) is 9.93. The van der Waals surface area contributed by atoms with Crippen LogP contribution < -0.4 is 10.6 Å². The van der Waals surface area contributed by atoms with Gasteiger partial charge in [0, 0.05) is 26.3 Å². The Morgan fingerprint density at radius 3 is 2.54 bits per heavy atom. The average molecular weight is 387 g/mol. The minimum atomic E-state index is -0.242. The summed E-state index contributed by atoms with van der Waals surface area (Å²) in [5.41, 5.74) is 6.28. The number of hydrogen-bond donors (Lipinski definition) is 1. The van der Waals surface area contributed by atoms with Crippen LogP contribution in [0.2, 0.25) is 0 Å². The molecule has 1 fully saturated rings. The molecule has 7 nitrogen and oxygen atoms in total. The zero-order valence-electron chi connectivity index (χ0n) is 17.6. The molecule has 0 spiro atoms. The van der Waals surface area contributed by atoms with Gasteiger partial charge in [0.05, 0.1) is 11.9 Å². The molecule has 2 aromatic heterocycles. The number of rotatable bonds is 6. The molecule has 0 aliphatic carbocycles. The van der Waals surface area contributed by atoms with Gasteiger partial charge >= 0.3 is 0 Å². The maximum absolute atomic E-state index is 11.0. The lowest BCUT2D eigenvalue weighted by Crippen LogP contribution is -2.40. The molecule has 1 aliphatic rings. The number of allylic oxidation sites excluding steroid dienone is 2. The first-order chi connectivity index (χ1) is 13.5. The normalized spacial score (nSPS) is 15.6. The number of carbonyl (C=O) groups is 1. The summed E-state index contributed by atoms with van der Waals surface area (Å²) in [5, 5.41) is 1.10. The fourth-order valence-corrected chi connectivity index (χ4v) is 3.42. The van der Waals surface area contributed by atoms with Crippen molar-refractivity contribution in [3.05, 3.63) is 30.7 Å². The van der Waals surface area contributed by atoms with Crippen molar-refractivity contribution in [3.63, 3.8) is 0 Å². The van der Waals surface area contributed by atoms with Gasteiger partial charge in [0.15, 0.2) is 0 Å². The Bertz CT molecular complexity index is 772. The van der Waals surface area contributed by atoms with Gasteiger partial charge in [0.25, 0.3) is 0 Å². The Hall–Kier alpha value is -2.41. The number of fused-ring (bicyclic) bond motifs is 1. The Kier molecular flexibility index (Phi) is 8.44. The van der Waals surface area contributed by atoms with E-state index in [0.29, 0.717) is 12.5 Å². The lowest BCUT2D eigenvalue weighted by molar-refractivity contribution is -0.119. The SMILES string of the molecule is C/C=C\C.CCN(C)c1ncnc2c1ccn2CC1CCN(CC(N)=O)CC1. The van der Waals surface area contributed by atoms with E-state index in [2.05, 4.69) is 43.5 Å². The summed E-state index contributed by atoms with van der Waals surface area (Å²) >= 11 is 0. The third-order valence-corrected chi connectivity index (χ3v) is 5.25. The van der Waals surface area contributed by atoms with Gasteiger partial charge < -0.3 is 15.2 Å². The van der Waals surface area contributed by atoms with Crippen molar-refractivity contribution in [1.29, 1.82) is 0 Å². The molecular formula is C21H34N6O. The molecule has 0 bridgehead atoms. The molecule has 28 heavy (non-hydrogen) atoms. The van der Waals surface area contributed by atoms with Crippen LogP contribution in [-0.2, 0) is 11.3 Å². The van der Waals surface area contributed by atoms with E-state index in [0.717, 1.165) is 55.9 Å². The third kappa shape index (κ3) is 5.79. The zero-order chi connectivity index (χ0) is 20.5. The number of nitrogens with zero attached hydrogens (tertiary/aromatic N) is 5. The average Bonchev–Trinajstić information content (AvgIpc) is 3.11. The quantitative estimate of drug-likeness (QED) is 0.772. The summed E-state index contributed by atoms with van der Waals surface area (Å²) in [7, 11) is 2.05. The Morgan fingerprint density at radius 2 is 1.96 bits per heavy atom. The van der Waals surface area contributed by atoms with Gasteiger partial charge in [0.2, 0.25) is 5.91 Å². The van der Waals surface area contributed by atoms with Gasteiger partial charge in [-0.15, -0.1) is 0 Å². The molecule has 3 heterocycles. The number of hydrogen-bond acceptors (Lipinski definition) is 5. The number of nitrogens with two attached hydrogens (primary N) is 1. The second-order valence-electron chi connectivity index (χ2n) is 7.27. The van der Waals surface area contributed by atoms with Gasteiger partial charge in [0.1, 0.15) is 17.8 Å². The molecule has 0 saturated carbocycles. The molecule has 7 heteroatoms. The third-order valence-electron chi connectivity index (χ3n) is 5.25. The van der Waals surface area contributed by atoms with Crippen molar-refractivity contribution in [2.75, 3.05) is 38.1 Å². The first-order valence-electron chi connectivity index (χ1n) is 10.1. The summed E-state index contributed by atoms with van der Waals surface area (Å²) in [6, 6.07) is 2.11. The van der Waals surface area contributed by atoms with Gasteiger partial charge in [-0.25, -0.2) is 9.97 Å². The van der Waals surface area contributed by atoms with E-state index in [9.17, 15) is 4.79 Å². The Balaban J connectivity index is 0.000000640. The van der Waals surface area contributed by atoms with E-state index in [-0.39, 0.29) is 5.91 Å². The first-order valence-corrected chi connectivity index (χ1v) is 10.1. The summed E-state index contributed by atoms with van der Waals surface area (Å²) in [5.74, 6) is 1.35. The summed E-state index contributed by atoms with van der Waals surface area (Å²) in [6.45, 7) is 10.2. The molecule has 1 saturated heterocycles. The van der Waals surface area contributed by atoms with Crippen LogP contribution in [0.25, 0.3) is 11.0 Å². The number of amides is 1. The monoisotopic (exact) mass is 386 g/mol. The fourth-order valence-electron chi connectivity index (χ4n) is 3.42. The second-order valence-corrected chi connectivity index (χ2v) is 7.27. The molecule has 0 aromatic carbocycles.